The zero-order valence-electron chi connectivity index (χ0n) is 19.0. The first-order valence-corrected chi connectivity index (χ1v) is 11.4. The molecule has 0 saturated heterocycles. The largest absolute Gasteiger partial charge is 0.462 e. The van der Waals surface area contributed by atoms with Gasteiger partial charge in [-0.2, -0.15) is 0 Å². The average Bonchev–Trinajstić information content (AvgIpc) is 3.12. The van der Waals surface area contributed by atoms with Crippen LogP contribution in [0, 0.1) is 5.92 Å². The van der Waals surface area contributed by atoms with Crippen molar-refractivity contribution in [2.75, 3.05) is 18.1 Å². The van der Waals surface area contributed by atoms with Crippen LogP contribution in [0.4, 0.5) is 10.8 Å². The van der Waals surface area contributed by atoms with E-state index < -0.39 is 5.41 Å². The lowest BCUT2D eigenvalue weighted by atomic mass is 9.68. The third-order valence-corrected chi connectivity index (χ3v) is 7.04. The molecule has 0 fully saturated rings. The molecular weight excluding hydrogens is 396 g/mol. The first kappa shape index (κ1) is 22.5. The first-order valence-electron chi connectivity index (χ1n) is 10.6. The van der Waals surface area contributed by atoms with E-state index in [1.54, 1.807) is 30.4 Å². The lowest BCUT2D eigenvalue weighted by molar-refractivity contribution is -0.125. The van der Waals surface area contributed by atoms with Crippen LogP contribution in [0.5, 0.6) is 0 Å². The molecule has 0 N–H and O–H groups in total. The van der Waals surface area contributed by atoms with Crippen molar-refractivity contribution >= 4 is 33.9 Å². The van der Waals surface area contributed by atoms with Gasteiger partial charge in [0.15, 0.2) is 5.13 Å². The maximum atomic E-state index is 12.8. The van der Waals surface area contributed by atoms with Gasteiger partial charge in [0.05, 0.1) is 23.3 Å². The topological polar surface area (TPSA) is 59.5 Å². The van der Waals surface area contributed by atoms with Gasteiger partial charge in [-0.25, -0.2) is 9.78 Å². The Morgan fingerprint density at radius 2 is 1.83 bits per heavy atom. The number of ketones is 1. The summed E-state index contributed by atoms with van der Waals surface area (Å²) in [6.07, 6.45) is 0.535. The summed E-state index contributed by atoms with van der Waals surface area (Å²) in [5, 5.41) is 0.897. The molecule has 3 rings (SSSR count). The number of hydrogen-bond donors (Lipinski definition) is 0. The van der Waals surface area contributed by atoms with E-state index in [0.29, 0.717) is 24.5 Å². The van der Waals surface area contributed by atoms with Crippen molar-refractivity contribution in [3.8, 4) is 0 Å². The van der Waals surface area contributed by atoms with Gasteiger partial charge in [-0.15, -0.1) is 11.3 Å². The van der Waals surface area contributed by atoms with Crippen LogP contribution in [0.15, 0.2) is 24.3 Å². The fraction of sp³-hybridized carbons (Fsp3) is 0.542. The third kappa shape index (κ3) is 4.15. The minimum absolute atomic E-state index is 0.213. The number of anilines is 2. The second-order valence-corrected chi connectivity index (χ2v) is 10.5. The zero-order chi connectivity index (χ0) is 22.3. The first-order chi connectivity index (χ1) is 14.0. The summed E-state index contributed by atoms with van der Waals surface area (Å²) in [5.74, 6) is 0.343. The number of fused-ring (bicyclic) bond motifs is 1. The molecule has 0 amide bonds. The summed E-state index contributed by atoms with van der Waals surface area (Å²) in [6.45, 7) is 15.5. The number of ether oxygens (including phenoxy) is 1. The van der Waals surface area contributed by atoms with Crippen molar-refractivity contribution in [1.29, 1.82) is 0 Å². The molecule has 1 aliphatic carbocycles. The Labute approximate surface area is 183 Å². The third-order valence-electron chi connectivity index (χ3n) is 5.59. The number of rotatable bonds is 6. The molecule has 1 heterocycles. The van der Waals surface area contributed by atoms with Crippen LogP contribution in [0.25, 0.3) is 0 Å². The number of esters is 1. The Kier molecular flexibility index (Phi) is 6.10. The number of aromatic nitrogens is 1. The summed E-state index contributed by atoms with van der Waals surface area (Å²) < 4.78 is 5.09. The van der Waals surface area contributed by atoms with E-state index in [1.807, 2.05) is 26.0 Å². The Morgan fingerprint density at radius 1 is 1.20 bits per heavy atom. The summed E-state index contributed by atoms with van der Waals surface area (Å²) in [6, 6.07) is 7.48. The molecule has 0 aliphatic heterocycles. The highest BCUT2D eigenvalue weighted by Gasteiger charge is 2.46. The molecule has 0 saturated carbocycles. The number of thiazole rings is 1. The maximum absolute atomic E-state index is 12.8. The SMILES string of the molecule is CCOC(=O)c1ccc(N(CC(C)C)c2nc3c(s2)C(C)(C)CC(=O)C3(C)C)cc1. The van der Waals surface area contributed by atoms with Crippen LogP contribution in [-0.2, 0) is 20.4 Å². The number of carbonyl (C=O) groups is 2. The molecule has 1 aromatic carbocycles. The minimum Gasteiger partial charge on any atom is -0.462 e. The fourth-order valence-corrected chi connectivity index (χ4v) is 5.15. The van der Waals surface area contributed by atoms with E-state index in [-0.39, 0.29) is 17.2 Å². The number of Topliss-reactive ketones (excluding diaryl/α,β-unsaturated/α-hetero) is 1. The predicted molar refractivity (Wildman–Crippen MR) is 122 cm³/mol. The van der Waals surface area contributed by atoms with Crippen molar-refractivity contribution < 1.29 is 14.3 Å². The Hall–Kier alpha value is -2.21. The molecule has 6 heteroatoms. The van der Waals surface area contributed by atoms with E-state index in [1.165, 1.54) is 4.88 Å². The molecule has 0 unspecified atom stereocenters. The van der Waals surface area contributed by atoms with Crippen LogP contribution >= 0.6 is 11.3 Å². The van der Waals surface area contributed by atoms with E-state index in [0.717, 1.165) is 23.1 Å². The predicted octanol–water partition coefficient (Wildman–Crippen LogP) is 5.64. The quantitative estimate of drug-likeness (QED) is 0.557. The van der Waals surface area contributed by atoms with Gasteiger partial charge in [-0.05, 0) is 51.0 Å². The summed E-state index contributed by atoms with van der Waals surface area (Å²) in [7, 11) is 0. The molecule has 30 heavy (non-hydrogen) atoms. The standard InChI is InChI=1S/C24H32N2O3S/c1-8-29-21(28)16-9-11-17(12-10-16)26(14-15(2)3)22-25-19-20(30-22)23(4,5)13-18(27)24(19,6)7/h9-12,15H,8,13-14H2,1-7H3. The van der Waals surface area contributed by atoms with Gasteiger partial charge in [-0.3, -0.25) is 4.79 Å². The second-order valence-electron chi connectivity index (χ2n) is 9.55. The molecule has 1 aromatic heterocycles. The van der Waals surface area contributed by atoms with Gasteiger partial charge >= 0.3 is 5.97 Å². The van der Waals surface area contributed by atoms with Crippen molar-refractivity contribution in [3.63, 3.8) is 0 Å². The molecule has 0 spiro atoms. The van der Waals surface area contributed by atoms with Gasteiger partial charge in [0.1, 0.15) is 5.78 Å². The van der Waals surface area contributed by atoms with E-state index in [2.05, 4.69) is 32.6 Å². The second kappa shape index (κ2) is 8.14. The van der Waals surface area contributed by atoms with Gasteiger partial charge in [-0.1, -0.05) is 27.7 Å². The smallest absolute Gasteiger partial charge is 0.338 e. The molecule has 2 aromatic rings. The summed E-state index contributed by atoms with van der Waals surface area (Å²) in [5.41, 5.74) is 1.63. The Balaban J connectivity index is 2.04. The minimum atomic E-state index is -0.573. The number of nitrogens with zero attached hydrogens (tertiary/aromatic N) is 2. The van der Waals surface area contributed by atoms with Crippen molar-refractivity contribution in [2.45, 2.75) is 65.7 Å². The van der Waals surface area contributed by atoms with Gasteiger partial charge in [0, 0.05) is 28.9 Å². The van der Waals surface area contributed by atoms with Crippen LogP contribution in [0.3, 0.4) is 0 Å². The van der Waals surface area contributed by atoms with Crippen LogP contribution in [0.1, 0.15) is 75.8 Å². The highest BCUT2D eigenvalue weighted by Crippen LogP contribution is 2.48. The molecule has 162 valence electrons. The summed E-state index contributed by atoms with van der Waals surface area (Å²) >= 11 is 1.68. The molecular formula is C24H32N2O3S. The van der Waals surface area contributed by atoms with E-state index >= 15 is 0 Å². The van der Waals surface area contributed by atoms with Crippen molar-refractivity contribution in [3.05, 3.63) is 40.4 Å². The van der Waals surface area contributed by atoms with E-state index in [9.17, 15) is 9.59 Å². The lowest BCUT2D eigenvalue weighted by Crippen LogP contribution is -2.41. The molecule has 0 atom stereocenters. The van der Waals surface area contributed by atoms with Crippen LogP contribution in [-0.4, -0.2) is 29.9 Å². The lowest BCUT2D eigenvalue weighted by Gasteiger charge is -2.36. The average molecular weight is 429 g/mol. The monoisotopic (exact) mass is 428 g/mol. The zero-order valence-corrected chi connectivity index (χ0v) is 19.9. The van der Waals surface area contributed by atoms with Crippen molar-refractivity contribution in [1.82, 2.24) is 4.98 Å². The van der Waals surface area contributed by atoms with Gasteiger partial charge < -0.3 is 9.64 Å². The van der Waals surface area contributed by atoms with Crippen molar-refractivity contribution in [2.24, 2.45) is 5.92 Å². The van der Waals surface area contributed by atoms with Crippen LogP contribution in [0.2, 0.25) is 0 Å². The maximum Gasteiger partial charge on any atom is 0.338 e. The van der Waals surface area contributed by atoms with Gasteiger partial charge in [0.25, 0.3) is 0 Å². The molecule has 0 radical (unpaired) electrons. The fourth-order valence-electron chi connectivity index (χ4n) is 3.79. The molecule has 0 bridgehead atoms. The number of hydrogen-bond acceptors (Lipinski definition) is 6. The highest BCUT2D eigenvalue weighted by molar-refractivity contribution is 7.16. The molecule has 5 nitrogen and oxygen atoms in total. The Morgan fingerprint density at radius 3 is 2.40 bits per heavy atom. The normalized spacial score (nSPS) is 17.0. The summed E-state index contributed by atoms with van der Waals surface area (Å²) in [4.78, 5) is 33.2. The highest BCUT2D eigenvalue weighted by atomic mass is 32.1. The van der Waals surface area contributed by atoms with E-state index in [4.69, 9.17) is 9.72 Å². The van der Waals surface area contributed by atoms with Gasteiger partial charge in [0.2, 0.25) is 0 Å². The molecule has 1 aliphatic rings. The number of carbonyl (C=O) groups excluding carboxylic acids is 2. The van der Waals surface area contributed by atoms with Crippen LogP contribution < -0.4 is 4.90 Å². The number of benzene rings is 1. The Bertz CT molecular complexity index is 942.